The molecular weight excluding hydrogens is 244 g/mol. The van der Waals surface area contributed by atoms with Gasteiger partial charge >= 0.3 is 5.97 Å². The zero-order valence-corrected chi connectivity index (χ0v) is 12.2. The first-order valence-corrected chi connectivity index (χ1v) is 6.37. The molecule has 4 heteroatoms. The Bertz CT molecular complexity index is 445. The van der Waals surface area contributed by atoms with Crippen LogP contribution in [0.1, 0.15) is 41.0 Å². The average Bonchev–Trinajstić information content (AvgIpc) is 2.21. The average molecular weight is 266 g/mol. The molecule has 1 aliphatic carbocycles. The van der Waals surface area contributed by atoms with E-state index in [1.54, 1.807) is 13.0 Å². The Morgan fingerprint density at radius 3 is 2.42 bits per heavy atom. The van der Waals surface area contributed by atoms with Crippen molar-refractivity contribution in [3.8, 4) is 0 Å². The molecule has 1 rings (SSSR count). The molecule has 0 fully saturated rings. The van der Waals surface area contributed by atoms with Gasteiger partial charge in [0.05, 0.1) is 0 Å². The monoisotopic (exact) mass is 266 g/mol. The van der Waals surface area contributed by atoms with E-state index >= 15 is 0 Å². The molecule has 0 unspecified atom stereocenters. The minimum absolute atomic E-state index is 0.112. The second-order valence-corrected chi connectivity index (χ2v) is 5.80. The van der Waals surface area contributed by atoms with Crippen molar-refractivity contribution in [2.24, 2.45) is 5.41 Å². The van der Waals surface area contributed by atoms with Gasteiger partial charge in [0.1, 0.15) is 11.7 Å². The number of carbonyl (C=O) groups is 2. The van der Waals surface area contributed by atoms with Gasteiger partial charge in [-0.3, -0.25) is 9.59 Å². The van der Waals surface area contributed by atoms with Gasteiger partial charge in [-0.15, -0.1) is 0 Å². The van der Waals surface area contributed by atoms with Crippen molar-refractivity contribution >= 4 is 11.8 Å². The van der Waals surface area contributed by atoms with Crippen molar-refractivity contribution in [1.82, 2.24) is 0 Å². The summed E-state index contributed by atoms with van der Waals surface area (Å²) < 4.78 is 5.20. The molecule has 0 saturated carbocycles. The lowest BCUT2D eigenvalue weighted by Crippen LogP contribution is -2.49. The number of rotatable bonds is 3. The van der Waals surface area contributed by atoms with Crippen LogP contribution in [0.4, 0.5) is 0 Å². The van der Waals surface area contributed by atoms with Crippen LogP contribution in [0.2, 0.25) is 0 Å². The van der Waals surface area contributed by atoms with Crippen LogP contribution in [0, 0.1) is 5.41 Å². The summed E-state index contributed by atoms with van der Waals surface area (Å²) in [6.45, 7) is 8.37. The third-order valence-corrected chi connectivity index (χ3v) is 3.66. The number of ketones is 1. The highest BCUT2D eigenvalue weighted by atomic mass is 16.5. The number of hydrogen-bond donors (Lipinski definition) is 1. The Morgan fingerprint density at radius 1 is 1.42 bits per heavy atom. The van der Waals surface area contributed by atoms with Gasteiger partial charge in [0.25, 0.3) is 0 Å². The van der Waals surface area contributed by atoms with E-state index in [9.17, 15) is 14.7 Å². The quantitative estimate of drug-likeness (QED) is 0.483. The SMILES string of the molecule is CC(=O)/C=C/[C@@]1(O)C(C)=C[C@@H](OC(C)=O)CC1(C)C. The zero-order valence-electron chi connectivity index (χ0n) is 12.2. The first-order valence-electron chi connectivity index (χ1n) is 6.37. The molecule has 0 aromatic rings. The molecule has 0 amide bonds. The smallest absolute Gasteiger partial charge is 0.303 e. The van der Waals surface area contributed by atoms with E-state index in [2.05, 4.69) is 0 Å². The molecule has 0 spiro atoms. The summed E-state index contributed by atoms with van der Waals surface area (Å²) in [5.41, 5.74) is -1.04. The molecule has 0 radical (unpaired) electrons. The molecule has 2 atom stereocenters. The molecule has 0 heterocycles. The fraction of sp³-hybridized carbons (Fsp3) is 0.600. The second-order valence-electron chi connectivity index (χ2n) is 5.80. The normalized spacial score (nSPS) is 30.0. The molecule has 0 aliphatic heterocycles. The molecule has 4 nitrogen and oxygen atoms in total. The van der Waals surface area contributed by atoms with Gasteiger partial charge < -0.3 is 9.84 Å². The van der Waals surface area contributed by atoms with Crippen molar-refractivity contribution in [2.45, 2.75) is 52.7 Å². The molecule has 19 heavy (non-hydrogen) atoms. The fourth-order valence-corrected chi connectivity index (χ4v) is 2.54. The molecule has 0 saturated heterocycles. The van der Waals surface area contributed by atoms with Gasteiger partial charge in [0.2, 0.25) is 0 Å². The second kappa shape index (κ2) is 5.29. The van der Waals surface area contributed by atoms with Crippen molar-refractivity contribution in [1.29, 1.82) is 0 Å². The molecule has 1 aliphatic rings. The predicted octanol–water partition coefficient (Wildman–Crippen LogP) is 2.17. The summed E-state index contributed by atoms with van der Waals surface area (Å²) in [7, 11) is 0. The molecular formula is C15H22O4. The van der Waals surface area contributed by atoms with E-state index in [1.807, 2.05) is 13.8 Å². The standard InChI is InChI=1S/C15H22O4/c1-10-8-13(19-12(3)17)9-14(4,5)15(10,18)7-6-11(2)16/h6-8,13,18H,9H2,1-5H3/b7-6+/t13-,15-/m1/s1. The lowest BCUT2D eigenvalue weighted by molar-refractivity contribution is -0.147. The fourth-order valence-electron chi connectivity index (χ4n) is 2.54. The van der Waals surface area contributed by atoms with Crippen LogP contribution in [0.3, 0.4) is 0 Å². The summed E-state index contributed by atoms with van der Waals surface area (Å²) in [5, 5.41) is 10.8. The number of allylic oxidation sites excluding steroid dienone is 1. The van der Waals surface area contributed by atoms with Crippen LogP contribution in [0.15, 0.2) is 23.8 Å². The van der Waals surface area contributed by atoms with E-state index in [-0.39, 0.29) is 17.9 Å². The van der Waals surface area contributed by atoms with Crippen molar-refractivity contribution in [3.63, 3.8) is 0 Å². The van der Waals surface area contributed by atoms with Crippen molar-refractivity contribution < 1.29 is 19.4 Å². The van der Waals surface area contributed by atoms with Gasteiger partial charge in [-0.25, -0.2) is 0 Å². The van der Waals surface area contributed by atoms with Crippen molar-refractivity contribution in [2.75, 3.05) is 0 Å². The lowest BCUT2D eigenvalue weighted by Gasteiger charge is -2.46. The maximum Gasteiger partial charge on any atom is 0.303 e. The van der Waals surface area contributed by atoms with Crippen molar-refractivity contribution in [3.05, 3.63) is 23.8 Å². The molecule has 0 bridgehead atoms. The van der Waals surface area contributed by atoms with Crippen LogP contribution >= 0.6 is 0 Å². The summed E-state index contributed by atoms with van der Waals surface area (Å²) in [4.78, 5) is 22.1. The summed E-state index contributed by atoms with van der Waals surface area (Å²) in [5.74, 6) is -0.450. The minimum atomic E-state index is -1.20. The topological polar surface area (TPSA) is 63.6 Å². The number of esters is 1. The van der Waals surface area contributed by atoms with Gasteiger partial charge in [-0.1, -0.05) is 13.8 Å². The Morgan fingerprint density at radius 2 is 2.00 bits per heavy atom. The van der Waals surface area contributed by atoms with Crippen LogP contribution in [0.5, 0.6) is 0 Å². The van der Waals surface area contributed by atoms with E-state index in [0.29, 0.717) is 12.0 Å². The Hall–Kier alpha value is -1.42. The Labute approximate surface area is 114 Å². The molecule has 106 valence electrons. The first kappa shape index (κ1) is 15.6. The van der Waals surface area contributed by atoms with Crippen LogP contribution < -0.4 is 0 Å². The molecule has 0 aromatic heterocycles. The Balaban J connectivity index is 3.12. The van der Waals surface area contributed by atoms with Gasteiger partial charge in [0, 0.05) is 12.3 Å². The number of carbonyl (C=O) groups excluding carboxylic acids is 2. The Kier molecular flexibility index (Phi) is 4.35. The van der Waals surface area contributed by atoms with Crippen LogP contribution in [-0.2, 0) is 14.3 Å². The van der Waals surface area contributed by atoms with E-state index in [4.69, 9.17) is 4.74 Å². The number of aliphatic hydroxyl groups is 1. The highest BCUT2D eigenvalue weighted by Gasteiger charge is 2.47. The van der Waals surface area contributed by atoms with E-state index < -0.39 is 11.0 Å². The lowest BCUT2D eigenvalue weighted by atomic mass is 9.64. The molecule has 0 aromatic carbocycles. The third kappa shape index (κ3) is 3.32. The van der Waals surface area contributed by atoms with Crippen LogP contribution in [-0.4, -0.2) is 28.6 Å². The van der Waals surface area contributed by atoms with E-state index in [0.717, 1.165) is 0 Å². The maximum absolute atomic E-state index is 11.1. The highest BCUT2D eigenvalue weighted by molar-refractivity contribution is 5.87. The van der Waals surface area contributed by atoms with Crippen LogP contribution in [0.25, 0.3) is 0 Å². The van der Waals surface area contributed by atoms with Gasteiger partial charge in [-0.2, -0.15) is 0 Å². The number of hydrogen-bond acceptors (Lipinski definition) is 4. The summed E-state index contributed by atoms with van der Waals surface area (Å²) in [6, 6.07) is 0. The number of ether oxygens (including phenoxy) is 1. The zero-order chi connectivity index (χ0) is 14.8. The van der Waals surface area contributed by atoms with E-state index in [1.165, 1.54) is 26.0 Å². The third-order valence-electron chi connectivity index (χ3n) is 3.66. The summed E-state index contributed by atoms with van der Waals surface area (Å²) in [6.07, 6.45) is 4.83. The minimum Gasteiger partial charge on any atom is -0.458 e. The predicted molar refractivity (Wildman–Crippen MR) is 72.5 cm³/mol. The maximum atomic E-state index is 11.1. The van der Waals surface area contributed by atoms with Gasteiger partial charge in [0.15, 0.2) is 5.78 Å². The van der Waals surface area contributed by atoms with Gasteiger partial charge in [-0.05, 0) is 44.1 Å². The first-order chi connectivity index (χ1) is 8.58. The largest absolute Gasteiger partial charge is 0.458 e. The highest BCUT2D eigenvalue weighted by Crippen LogP contribution is 2.45. The summed E-state index contributed by atoms with van der Waals surface area (Å²) >= 11 is 0. The molecule has 1 N–H and O–H groups in total.